The van der Waals surface area contributed by atoms with Crippen LogP contribution in [0.15, 0.2) is 24.3 Å². The van der Waals surface area contributed by atoms with E-state index < -0.39 is 0 Å². The van der Waals surface area contributed by atoms with E-state index >= 15 is 0 Å². The summed E-state index contributed by atoms with van der Waals surface area (Å²) < 4.78 is 5.18. The van der Waals surface area contributed by atoms with E-state index in [2.05, 4.69) is 37.9 Å². The summed E-state index contributed by atoms with van der Waals surface area (Å²) in [5.41, 5.74) is 1.25. The maximum absolute atomic E-state index is 12.2. The largest absolute Gasteiger partial charge is 0.497 e. The Bertz CT molecular complexity index is 469. The molecule has 0 bridgehead atoms. The van der Waals surface area contributed by atoms with Crippen molar-refractivity contribution in [1.29, 1.82) is 0 Å². The van der Waals surface area contributed by atoms with Gasteiger partial charge in [0.2, 0.25) is 0 Å². The molecule has 3 unspecified atom stereocenters. The number of hydrogen-bond donors (Lipinski definition) is 0. The first-order valence-corrected chi connectivity index (χ1v) is 7.83. The third-order valence-corrected chi connectivity index (χ3v) is 4.54. The van der Waals surface area contributed by atoms with Gasteiger partial charge in [-0.25, -0.2) is 0 Å². The first-order chi connectivity index (χ1) is 9.99. The first kappa shape index (κ1) is 16.0. The summed E-state index contributed by atoms with van der Waals surface area (Å²) in [5.74, 6) is 2.58. The van der Waals surface area contributed by atoms with Crippen molar-refractivity contribution in [2.45, 2.75) is 33.2 Å². The highest BCUT2D eigenvalue weighted by molar-refractivity contribution is 5.82. The number of methoxy groups -OCH3 is 1. The van der Waals surface area contributed by atoms with Crippen molar-refractivity contribution < 1.29 is 9.53 Å². The smallest absolute Gasteiger partial charge is 0.137 e. The average molecular weight is 289 g/mol. The van der Waals surface area contributed by atoms with Gasteiger partial charge < -0.3 is 9.64 Å². The van der Waals surface area contributed by atoms with Gasteiger partial charge in [0.15, 0.2) is 0 Å². The molecule has 3 nitrogen and oxygen atoms in total. The zero-order valence-electron chi connectivity index (χ0n) is 13.6. The summed E-state index contributed by atoms with van der Waals surface area (Å²) in [5, 5.41) is 0. The Kier molecular flexibility index (Phi) is 5.40. The lowest BCUT2D eigenvalue weighted by Gasteiger charge is -2.34. The number of hydrogen-bond acceptors (Lipinski definition) is 3. The third kappa shape index (κ3) is 4.31. The van der Waals surface area contributed by atoms with Crippen LogP contribution in [0.3, 0.4) is 0 Å². The van der Waals surface area contributed by atoms with Crippen LogP contribution in [0.4, 0.5) is 0 Å². The molecule has 0 spiro atoms. The molecule has 1 saturated carbocycles. The van der Waals surface area contributed by atoms with Crippen LogP contribution in [-0.2, 0) is 11.3 Å². The molecule has 0 aromatic heterocycles. The molecule has 116 valence electrons. The molecule has 1 aromatic rings. The highest BCUT2D eigenvalue weighted by atomic mass is 16.5. The number of rotatable bonds is 5. The fraction of sp³-hybridized carbons (Fsp3) is 0.611. The molecule has 0 heterocycles. The van der Waals surface area contributed by atoms with Gasteiger partial charge in [-0.3, -0.25) is 4.79 Å². The van der Waals surface area contributed by atoms with Gasteiger partial charge in [-0.1, -0.05) is 26.0 Å². The minimum absolute atomic E-state index is 0.199. The molecule has 1 aromatic carbocycles. The second-order valence-corrected chi connectivity index (χ2v) is 6.64. The maximum Gasteiger partial charge on any atom is 0.137 e. The van der Waals surface area contributed by atoms with E-state index in [1.807, 2.05) is 12.1 Å². The molecule has 0 radical (unpaired) electrons. The molecule has 1 aliphatic carbocycles. The number of benzene rings is 1. The van der Waals surface area contributed by atoms with Gasteiger partial charge >= 0.3 is 0 Å². The van der Waals surface area contributed by atoms with Crippen LogP contribution in [0, 0.1) is 17.8 Å². The van der Waals surface area contributed by atoms with Gasteiger partial charge in [-0.15, -0.1) is 0 Å². The molecule has 3 atom stereocenters. The number of nitrogens with zero attached hydrogens (tertiary/aromatic N) is 1. The Morgan fingerprint density at radius 1 is 1.24 bits per heavy atom. The van der Waals surface area contributed by atoms with Gasteiger partial charge in [0.1, 0.15) is 11.5 Å². The lowest BCUT2D eigenvalue weighted by atomic mass is 9.74. The van der Waals surface area contributed by atoms with Crippen molar-refractivity contribution in [3.05, 3.63) is 29.8 Å². The van der Waals surface area contributed by atoms with E-state index in [-0.39, 0.29) is 5.92 Å². The summed E-state index contributed by atoms with van der Waals surface area (Å²) in [6.45, 7) is 6.14. The van der Waals surface area contributed by atoms with E-state index in [0.717, 1.165) is 25.3 Å². The van der Waals surface area contributed by atoms with Crippen molar-refractivity contribution in [2.75, 3.05) is 20.7 Å². The molecule has 21 heavy (non-hydrogen) atoms. The molecule has 0 amide bonds. The summed E-state index contributed by atoms with van der Waals surface area (Å²) in [6.07, 6.45) is 1.93. The highest BCUT2D eigenvalue weighted by Crippen LogP contribution is 2.31. The predicted molar refractivity (Wildman–Crippen MR) is 85.4 cm³/mol. The van der Waals surface area contributed by atoms with Gasteiger partial charge in [-0.2, -0.15) is 0 Å². The van der Waals surface area contributed by atoms with Crippen molar-refractivity contribution in [1.82, 2.24) is 4.90 Å². The van der Waals surface area contributed by atoms with Crippen molar-refractivity contribution >= 4 is 5.78 Å². The fourth-order valence-electron chi connectivity index (χ4n) is 3.42. The molecule has 0 N–H and O–H groups in total. The number of ketones is 1. The second kappa shape index (κ2) is 7.08. The lowest BCUT2D eigenvalue weighted by Crippen LogP contribution is -2.38. The zero-order valence-corrected chi connectivity index (χ0v) is 13.6. The van der Waals surface area contributed by atoms with Crippen LogP contribution in [0.25, 0.3) is 0 Å². The number of carbonyl (C=O) groups excluding carboxylic acids is 1. The van der Waals surface area contributed by atoms with Gasteiger partial charge in [0.25, 0.3) is 0 Å². The molecule has 1 fully saturated rings. The Morgan fingerprint density at radius 3 is 2.48 bits per heavy atom. The molecular formula is C18H27NO2. The normalized spacial score (nSPS) is 26.1. The molecule has 3 heteroatoms. The first-order valence-electron chi connectivity index (χ1n) is 7.83. The van der Waals surface area contributed by atoms with Gasteiger partial charge in [0.05, 0.1) is 7.11 Å². The monoisotopic (exact) mass is 289 g/mol. The standard InChI is InChI=1S/C18H27NO2/c1-13-9-14(2)17(18(20)10-13)12-19(3)11-15-5-7-16(21-4)8-6-15/h5-8,13-14,17H,9-12H2,1-4H3. The van der Waals surface area contributed by atoms with E-state index in [0.29, 0.717) is 17.6 Å². The molecule has 0 aliphatic heterocycles. The zero-order chi connectivity index (χ0) is 15.4. The Morgan fingerprint density at radius 2 is 1.90 bits per heavy atom. The topological polar surface area (TPSA) is 29.5 Å². The average Bonchev–Trinajstić information content (AvgIpc) is 2.43. The Hall–Kier alpha value is -1.35. The molecule has 1 aliphatic rings. The third-order valence-electron chi connectivity index (χ3n) is 4.54. The maximum atomic E-state index is 12.2. The molecule has 0 saturated heterocycles. The highest BCUT2D eigenvalue weighted by Gasteiger charge is 2.32. The fourth-order valence-corrected chi connectivity index (χ4v) is 3.42. The minimum Gasteiger partial charge on any atom is -0.497 e. The summed E-state index contributed by atoms with van der Waals surface area (Å²) in [7, 11) is 3.78. The van der Waals surface area contributed by atoms with E-state index in [9.17, 15) is 4.79 Å². The minimum atomic E-state index is 0.199. The lowest BCUT2D eigenvalue weighted by molar-refractivity contribution is -0.128. The Balaban J connectivity index is 1.91. The van der Waals surface area contributed by atoms with Crippen molar-refractivity contribution in [3.63, 3.8) is 0 Å². The second-order valence-electron chi connectivity index (χ2n) is 6.64. The predicted octanol–water partition coefficient (Wildman–Crippen LogP) is 3.38. The van der Waals surface area contributed by atoms with E-state index in [1.54, 1.807) is 7.11 Å². The van der Waals surface area contributed by atoms with Crippen LogP contribution >= 0.6 is 0 Å². The van der Waals surface area contributed by atoms with Crippen LogP contribution < -0.4 is 4.74 Å². The molecular weight excluding hydrogens is 262 g/mol. The number of carbonyl (C=O) groups is 1. The number of ether oxygens (including phenoxy) is 1. The van der Waals surface area contributed by atoms with Crippen LogP contribution in [0.1, 0.15) is 32.3 Å². The summed E-state index contributed by atoms with van der Waals surface area (Å²) >= 11 is 0. The summed E-state index contributed by atoms with van der Waals surface area (Å²) in [6, 6.07) is 8.14. The summed E-state index contributed by atoms with van der Waals surface area (Å²) in [4.78, 5) is 14.5. The Labute approximate surface area is 128 Å². The van der Waals surface area contributed by atoms with Gasteiger partial charge in [0, 0.05) is 25.4 Å². The van der Waals surface area contributed by atoms with E-state index in [1.165, 1.54) is 12.0 Å². The van der Waals surface area contributed by atoms with Crippen molar-refractivity contribution in [2.24, 2.45) is 17.8 Å². The van der Waals surface area contributed by atoms with Crippen LogP contribution in [-0.4, -0.2) is 31.4 Å². The quantitative estimate of drug-likeness (QED) is 0.832. The SMILES string of the molecule is COc1ccc(CN(C)CC2C(=O)CC(C)CC2C)cc1. The van der Waals surface area contributed by atoms with Crippen LogP contribution in [0.2, 0.25) is 0 Å². The van der Waals surface area contributed by atoms with Crippen molar-refractivity contribution in [3.8, 4) is 5.75 Å². The molecule has 2 rings (SSSR count). The number of Topliss-reactive ketones (excluding diaryl/α,β-unsaturated/α-hetero) is 1. The van der Waals surface area contributed by atoms with Gasteiger partial charge in [-0.05, 0) is 43.0 Å². The van der Waals surface area contributed by atoms with E-state index in [4.69, 9.17) is 4.74 Å². The van der Waals surface area contributed by atoms with Crippen LogP contribution in [0.5, 0.6) is 5.75 Å².